The fraction of sp³-hybridized carbons (Fsp3) is 0.371. The molecule has 0 spiro atoms. The third kappa shape index (κ3) is 12.0. The van der Waals surface area contributed by atoms with Gasteiger partial charge in [0, 0.05) is 23.6 Å². The van der Waals surface area contributed by atoms with E-state index < -0.39 is 41.5 Å². The number of hydrogen-bond donors (Lipinski definition) is 0. The summed E-state index contributed by atoms with van der Waals surface area (Å²) >= 11 is 0. The summed E-state index contributed by atoms with van der Waals surface area (Å²) in [6.45, 7) is 19.1. The lowest BCUT2D eigenvalue weighted by Crippen LogP contribution is -2.33. The maximum atomic E-state index is 12.2. The predicted octanol–water partition coefficient (Wildman–Crippen LogP) is 5.28. The first-order valence-corrected chi connectivity index (χ1v) is 14.3. The van der Waals surface area contributed by atoms with Gasteiger partial charge in [-0.1, -0.05) is 57.8 Å². The van der Waals surface area contributed by atoms with Gasteiger partial charge in [0.15, 0.2) is 12.2 Å². The second-order valence-electron chi connectivity index (χ2n) is 11.5. The number of ether oxygens (including phenoxy) is 6. The van der Waals surface area contributed by atoms with E-state index in [0.29, 0.717) is 11.5 Å². The average molecular weight is 623 g/mol. The van der Waals surface area contributed by atoms with Crippen molar-refractivity contribution in [1.82, 2.24) is 0 Å². The zero-order valence-corrected chi connectivity index (χ0v) is 26.5. The second kappa shape index (κ2) is 16.8. The van der Waals surface area contributed by atoms with E-state index in [9.17, 15) is 19.2 Å². The molecule has 0 saturated heterocycles. The topological polar surface area (TPSA) is 124 Å². The van der Waals surface area contributed by atoms with Crippen molar-refractivity contribution in [3.8, 4) is 11.5 Å². The largest absolute Gasteiger partial charge is 0.490 e. The number of rotatable bonds is 17. The Balaban J connectivity index is 2.03. The van der Waals surface area contributed by atoms with Crippen LogP contribution in [0.15, 0.2) is 86.5 Å². The zero-order chi connectivity index (χ0) is 33.6. The Kier molecular flexibility index (Phi) is 13.6. The van der Waals surface area contributed by atoms with E-state index in [1.54, 1.807) is 32.9 Å². The molecule has 0 N–H and O–H groups in total. The van der Waals surface area contributed by atoms with Crippen LogP contribution in [0.4, 0.5) is 0 Å². The molecular formula is C35H42O10. The maximum absolute atomic E-state index is 12.2. The molecule has 0 radical (unpaired) electrons. The molecule has 0 aromatic heterocycles. The summed E-state index contributed by atoms with van der Waals surface area (Å²) in [6, 6.07) is 15.0. The smallest absolute Gasteiger partial charge is 0.330 e. The van der Waals surface area contributed by atoms with Crippen molar-refractivity contribution >= 4 is 23.9 Å². The van der Waals surface area contributed by atoms with Gasteiger partial charge < -0.3 is 28.4 Å². The lowest BCUT2D eigenvalue weighted by atomic mass is 9.78. The monoisotopic (exact) mass is 622 g/mol. The standard InChI is InChI=1S/C35H42O10/c1-9-30(36)42-22-28(44-31(37)10-2)20-40-26-16-12-24(13-17-26)35(7,8)25-14-18-27(19-15-25)41-21-29(45-32(38)11-3)23-43-33(39)34(4,5)6/h9-19,28-29H,1-3,20-23H2,4-8H3. The third-order valence-corrected chi connectivity index (χ3v) is 6.51. The van der Waals surface area contributed by atoms with Gasteiger partial charge in [-0.3, -0.25) is 4.79 Å². The van der Waals surface area contributed by atoms with Gasteiger partial charge in [-0.05, 0) is 56.2 Å². The van der Waals surface area contributed by atoms with Gasteiger partial charge in [-0.2, -0.15) is 0 Å². The highest BCUT2D eigenvalue weighted by Crippen LogP contribution is 2.33. The summed E-state index contributed by atoms with van der Waals surface area (Å²) in [5.41, 5.74) is 0.937. The molecule has 2 aromatic carbocycles. The van der Waals surface area contributed by atoms with E-state index in [4.69, 9.17) is 28.4 Å². The van der Waals surface area contributed by atoms with Gasteiger partial charge in [-0.25, -0.2) is 14.4 Å². The van der Waals surface area contributed by atoms with Crippen molar-refractivity contribution in [2.24, 2.45) is 5.41 Å². The summed E-state index contributed by atoms with van der Waals surface area (Å²) in [7, 11) is 0. The minimum absolute atomic E-state index is 0.0223. The molecule has 0 fully saturated rings. The molecular weight excluding hydrogens is 580 g/mol. The molecule has 0 aliphatic rings. The Morgan fingerprint density at radius 1 is 0.600 bits per heavy atom. The van der Waals surface area contributed by atoms with Crippen LogP contribution in [-0.4, -0.2) is 62.5 Å². The molecule has 242 valence electrons. The number of benzene rings is 2. The fourth-order valence-corrected chi connectivity index (χ4v) is 3.76. The Morgan fingerprint density at radius 3 is 1.33 bits per heavy atom. The van der Waals surface area contributed by atoms with Crippen molar-refractivity contribution in [2.75, 3.05) is 26.4 Å². The summed E-state index contributed by atoms with van der Waals surface area (Å²) in [4.78, 5) is 47.0. The number of hydrogen-bond acceptors (Lipinski definition) is 10. The van der Waals surface area contributed by atoms with Crippen molar-refractivity contribution in [3.63, 3.8) is 0 Å². The van der Waals surface area contributed by atoms with Crippen LogP contribution in [0.1, 0.15) is 45.7 Å². The van der Waals surface area contributed by atoms with Gasteiger partial charge >= 0.3 is 23.9 Å². The van der Waals surface area contributed by atoms with Crippen LogP contribution in [0, 0.1) is 5.41 Å². The third-order valence-electron chi connectivity index (χ3n) is 6.51. The molecule has 2 aromatic rings. The summed E-state index contributed by atoms with van der Waals surface area (Å²) in [5, 5.41) is 0. The highest BCUT2D eigenvalue weighted by molar-refractivity contribution is 5.82. The van der Waals surface area contributed by atoms with E-state index in [1.165, 1.54) is 0 Å². The SMILES string of the molecule is C=CC(=O)OCC(COc1ccc(C(C)(C)c2ccc(OCC(COC(=O)C(C)(C)C)OC(=O)C=C)cc2)cc1)OC(=O)C=C. The maximum Gasteiger partial charge on any atom is 0.330 e. The first-order chi connectivity index (χ1) is 21.2. The fourth-order valence-electron chi connectivity index (χ4n) is 3.76. The summed E-state index contributed by atoms with van der Waals surface area (Å²) in [6.07, 6.45) is 1.42. The van der Waals surface area contributed by atoms with Crippen molar-refractivity contribution in [1.29, 1.82) is 0 Å². The highest BCUT2D eigenvalue weighted by Gasteiger charge is 2.26. The van der Waals surface area contributed by atoms with Crippen molar-refractivity contribution < 1.29 is 47.6 Å². The molecule has 0 aliphatic carbocycles. The van der Waals surface area contributed by atoms with Crippen LogP contribution >= 0.6 is 0 Å². The Hall–Kier alpha value is -4.86. The molecule has 45 heavy (non-hydrogen) atoms. The molecule has 2 atom stereocenters. The predicted molar refractivity (Wildman–Crippen MR) is 168 cm³/mol. The van der Waals surface area contributed by atoms with Crippen LogP contribution in [0.3, 0.4) is 0 Å². The van der Waals surface area contributed by atoms with Crippen molar-refractivity contribution in [2.45, 2.75) is 52.2 Å². The molecule has 10 nitrogen and oxygen atoms in total. The lowest BCUT2D eigenvalue weighted by molar-refractivity contribution is -0.163. The Morgan fingerprint density at radius 2 is 0.978 bits per heavy atom. The van der Waals surface area contributed by atoms with E-state index in [0.717, 1.165) is 29.4 Å². The quantitative estimate of drug-likeness (QED) is 0.131. The molecule has 2 rings (SSSR count). The molecule has 0 saturated carbocycles. The lowest BCUT2D eigenvalue weighted by Gasteiger charge is -2.27. The minimum Gasteiger partial charge on any atom is -0.490 e. The first kappa shape index (κ1) is 36.3. The van der Waals surface area contributed by atoms with Crippen LogP contribution in [-0.2, 0) is 43.5 Å². The molecule has 2 unspecified atom stereocenters. The Labute approximate surface area is 264 Å². The Bertz CT molecular complexity index is 1330. The van der Waals surface area contributed by atoms with Gasteiger partial charge in [0.25, 0.3) is 0 Å². The normalized spacial score (nSPS) is 12.5. The van der Waals surface area contributed by atoms with Crippen molar-refractivity contribution in [3.05, 3.63) is 97.6 Å². The molecule has 0 heterocycles. The van der Waals surface area contributed by atoms with Crippen LogP contribution < -0.4 is 9.47 Å². The van der Waals surface area contributed by atoms with Crippen LogP contribution in [0.5, 0.6) is 11.5 Å². The zero-order valence-electron chi connectivity index (χ0n) is 26.5. The summed E-state index contributed by atoms with van der Waals surface area (Å²) in [5.74, 6) is -1.28. The van der Waals surface area contributed by atoms with Gasteiger partial charge in [0.05, 0.1) is 5.41 Å². The van der Waals surface area contributed by atoms with E-state index in [1.807, 2.05) is 36.4 Å². The van der Waals surface area contributed by atoms with Gasteiger partial charge in [0.1, 0.15) is 37.9 Å². The van der Waals surface area contributed by atoms with Crippen LogP contribution in [0.25, 0.3) is 0 Å². The molecule has 0 bridgehead atoms. The highest BCUT2D eigenvalue weighted by atomic mass is 16.6. The number of esters is 4. The van der Waals surface area contributed by atoms with Crippen LogP contribution in [0.2, 0.25) is 0 Å². The molecule has 0 aliphatic heterocycles. The van der Waals surface area contributed by atoms with Gasteiger partial charge in [0.2, 0.25) is 0 Å². The van der Waals surface area contributed by atoms with E-state index in [2.05, 4.69) is 33.6 Å². The second-order valence-corrected chi connectivity index (χ2v) is 11.5. The number of carbonyl (C=O) groups excluding carboxylic acids is 4. The summed E-state index contributed by atoms with van der Waals surface area (Å²) < 4.78 is 32.4. The first-order valence-electron chi connectivity index (χ1n) is 14.3. The average Bonchev–Trinajstić information content (AvgIpc) is 3.02. The molecule has 10 heteroatoms. The number of carbonyl (C=O) groups is 4. The van der Waals surface area contributed by atoms with E-state index >= 15 is 0 Å². The van der Waals surface area contributed by atoms with Gasteiger partial charge in [-0.15, -0.1) is 0 Å². The molecule has 0 amide bonds. The van der Waals surface area contributed by atoms with E-state index in [-0.39, 0.29) is 31.8 Å². The minimum atomic E-state index is -0.834.